The summed E-state index contributed by atoms with van der Waals surface area (Å²) in [5, 5.41) is 10.2. The Morgan fingerprint density at radius 2 is 1.53 bits per heavy atom. The highest BCUT2D eigenvalue weighted by Gasteiger charge is 2.18. The average Bonchev–Trinajstić information content (AvgIpc) is 2.40. The maximum atomic E-state index is 12.9. The molecule has 0 radical (unpaired) electrons. The second kappa shape index (κ2) is 5.23. The van der Waals surface area contributed by atoms with Gasteiger partial charge in [0.2, 0.25) is 0 Å². The maximum Gasteiger partial charge on any atom is 0.123 e. The van der Waals surface area contributed by atoms with E-state index in [1.807, 2.05) is 24.3 Å². The van der Waals surface area contributed by atoms with Crippen LogP contribution >= 0.6 is 0 Å². The lowest BCUT2D eigenvalue weighted by atomic mass is 9.94. The van der Waals surface area contributed by atoms with Gasteiger partial charge in [-0.2, -0.15) is 0 Å². The van der Waals surface area contributed by atoms with Crippen molar-refractivity contribution in [3.05, 3.63) is 78.3 Å². The Kier molecular flexibility index (Phi) is 3.66. The lowest BCUT2D eigenvalue weighted by molar-refractivity contribution is 0.111. The fourth-order valence-electron chi connectivity index (χ4n) is 1.92. The Labute approximate surface area is 112 Å². The van der Waals surface area contributed by atoms with E-state index in [-0.39, 0.29) is 5.82 Å². The van der Waals surface area contributed by atoms with Crippen molar-refractivity contribution in [2.45, 2.75) is 12.5 Å². The van der Waals surface area contributed by atoms with Gasteiger partial charge in [0.15, 0.2) is 0 Å². The summed E-state index contributed by atoms with van der Waals surface area (Å²) >= 11 is 0. The fourth-order valence-corrected chi connectivity index (χ4v) is 1.92. The molecule has 0 saturated heterocycles. The minimum absolute atomic E-state index is 0.251. The SMILES string of the molecule is C=C=CC(C)(O)c1ccc(-c2ccc(F)cc2)cc1. The molecule has 2 heteroatoms. The highest BCUT2D eigenvalue weighted by atomic mass is 19.1. The Bertz CT molecular complexity index is 603. The number of aliphatic hydroxyl groups is 1. The summed E-state index contributed by atoms with van der Waals surface area (Å²) < 4.78 is 12.9. The summed E-state index contributed by atoms with van der Waals surface area (Å²) in [5.74, 6) is -0.251. The van der Waals surface area contributed by atoms with Crippen molar-refractivity contribution >= 4 is 0 Å². The van der Waals surface area contributed by atoms with Crippen LogP contribution in [0.25, 0.3) is 11.1 Å². The van der Waals surface area contributed by atoms with Crippen LogP contribution in [0.4, 0.5) is 4.39 Å². The van der Waals surface area contributed by atoms with Crippen LogP contribution in [-0.4, -0.2) is 5.11 Å². The molecule has 1 unspecified atom stereocenters. The van der Waals surface area contributed by atoms with Gasteiger partial charge in [-0.15, -0.1) is 5.73 Å². The summed E-state index contributed by atoms with van der Waals surface area (Å²) in [6, 6.07) is 13.8. The first-order chi connectivity index (χ1) is 9.03. The van der Waals surface area contributed by atoms with Gasteiger partial charge >= 0.3 is 0 Å². The molecule has 1 atom stereocenters. The third kappa shape index (κ3) is 3.00. The molecule has 0 heterocycles. The molecule has 0 aliphatic heterocycles. The summed E-state index contributed by atoms with van der Waals surface area (Å²) in [6.45, 7) is 5.15. The Morgan fingerprint density at radius 1 is 1.05 bits per heavy atom. The van der Waals surface area contributed by atoms with Gasteiger partial charge in [0, 0.05) is 0 Å². The zero-order valence-electron chi connectivity index (χ0n) is 10.7. The standard InChI is InChI=1S/C17H15FO/c1-3-12-17(2,19)15-8-4-13(5-9-15)14-6-10-16(18)11-7-14/h4-12,19H,1H2,2H3. The number of benzene rings is 2. The third-order valence-corrected chi connectivity index (χ3v) is 3.03. The van der Waals surface area contributed by atoms with Gasteiger partial charge in [0.1, 0.15) is 11.4 Å². The molecular weight excluding hydrogens is 239 g/mol. The molecule has 1 nitrogen and oxygen atoms in total. The van der Waals surface area contributed by atoms with Crippen LogP contribution in [0, 0.1) is 5.82 Å². The number of rotatable bonds is 3. The second-order valence-corrected chi connectivity index (χ2v) is 4.58. The lowest BCUT2D eigenvalue weighted by Gasteiger charge is -2.18. The largest absolute Gasteiger partial charge is 0.381 e. The zero-order valence-corrected chi connectivity index (χ0v) is 10.7. The number of hydrogen-bond donors (Lipinski definition) is 1. The van der Waals surface area contributed by atoms with Gasteiger partial charge in [-0.3, -0.25) is 0 Å². The predicted molar refractivity (Wildman–Crippen MR) is 75.1 cm³/mol. The van der Waals surface area contributed by atoms with Gasteiger partial charge in [0.25, 0.3) is 0 Å². The first-order valence-corrected chi connectivity index (χ1v) is 5.99. The van der Waals surface area contributed by atoms with Crippen molar-refractivity contribution in [2.24, 2.45) is 0 Å². The van der Waals surface area contributed by atoms with Gasteiger partial charge in [0.05, 0.1) is 0 Å². The van der Waals surface area contributed by atoms with E-state index < -0.39 is 5.60 Å². The molecule has 1 N–H and O–H groups in total. The highest BCUT2D eigenvalue weighted by Crippen LogP contribution is 2.26. The second-order valence-electron chi connectivity index (χ2n) is 4.58. The molecule has 0 bridgehead atoms. The van der Waals surface area contributed by atoms with E-state index in [4.69, 9.17) is 0 Å². The van der Waals surface area contributed by atoms with Crippen LogP contribution in [0.1, 0.15) is 12.5 Å². The monoisotopic (exact) mass is 254 g/mol. The first kappa shape index (κ1) is 13.3. The van der Waals surface area contributed by atoms with Crippen molar-refractivity contribution in [2.75, 3.05) is 0 Å². The van der Waals surface area contributed by atoms with Crippen molar-refractivity contribution in [3.8, 4) is 11.1 Å². The minimum Gasteiger partial charge on any atom is -0.381 e. The Morgan fingerprint density at radius 3 is 2.00 bits per heavy atom. The molecule has 0 spiro atoms. The molecule has 2 aromatic carbocycles. The summed E-state index contributed by atoms with van der Waals surface area (Å²) in [7, 11) is 0. The van der Waals surface area contributed by atoms with E-state index >= 15 is 0 Å². The van der Waals surface area contributed by atoms with Crippen molar-refractivity contribution in [1.82, 2.24) is 0 Å². The van der Waals surface area contributed by atoms with Crippen molar-refractivity contribution in [3.63, 3.8) is 0 Å². The van der Waals surface area contributed by atoms with E-state index in [0.29, 0.717) is 0 Å². The van der Waals surface area contributed by atoms with E-state index in [0.717, 1.165) is 16.7 Å². The molecule has 0 aliphatic rings. The predicted octanol–water partition coefficient (Wildman–Crippen LogP) is 4.04. The molecular formula is C17H15FO. The summed E-state index contributed by atoms with van der Waals surface area (Å²) in [6.07, 6.45) is 1.51. The van der Waals surface area contributed by atoms with E-state index in [9.17, 15) is 9.50 Å². The van der Waals surface area contributed by atoms with Gasteiger partial charge in [-0.05, 0) is 41.8 Å². The van der Waals surface area contributed by atoms with Crippen molar-refractivity contribution < 1.29 is 9.50 Å². The molecule has 2 aromatic rings. The number of halogens is 1. The van der Waals surface area contributed by atoms with Gasteiger partial charge < -0.3 is 5.11 Å². The van der Waals surface area contributed by atoms with Crippen LogP contribution in [0.5, 0.6) is 0 Å². The summed E-state index contributed by atoms with van der Waals surface area (Å²) in [4.78, 5) is 0. The van der Waals surface area contributed by atoms with Crippen LogP contribution in [-0.2, 0) is 5.60 Å². The molecule has 0 amide bonds. The molecule has 2 rings (SSSR count). The topological polar surface area (TPSA) is 20.2 Å². The molecule has 0 saturated carbocycles. The quantitative estimate of drug-likeness (QED) is 0.819. The smallest absolute Gasteiger partial charge is 0.123 e. The minimum atomic E-state index is -1.08. The third-order valence-electron chi connectivity index (χ3n) is 3.03. The Balaban J connectivity index is 2.33. The van der Waals surface area contributed by atoms with Crippen LogP contribution in [0.2, 0.25) is 0 Å². The van der Waals surface area contributed by atoms with Crippen LogP contribution in [0.15, 0.2) is 66.9 Å². The van der Waals surface area contributed by atoms with E-state index in [1.54, 1.807) is 19.1 Å². The normalized spacial score (nSPS) is 13.4. The fraction of sp³-hybridized carbons (Fsp3) is 0.118. The van der Waals surface area contributed by atoms with E-state index in [1.165, 1.54) is 18.2 Å². The molecule has 0 aliphatic carbocycles. The molecule has 19 heavy (non-hydrogen) atoms. The molecule has 0 aromatic heterocycles. The first-order valence-electron chi connectivity index (χ1n) is 5.99. The zero-order chi connectivity index (χ0) is 13.9. The van der Waals surface area contributed by atoms with Crippen LogP contribution in [0.3, 0.4) is 0 Å². The van der Waals surface area contributed by atoms with E-state index in [2.05, 4.69) is 12.3 Å². The highest BCUT2D eigenvalue weighted by molar-refractivity contribution is 5.63. The maximum absolute atomic E-state index is 12.9. The van der Waals surface area contributed by atoms with Gasteiger partial charge in [-0.25, -0.2) is 4.39 Å². The average molecular weight is 254 g/mol. The van der Waals surface area contributed by atoms with Crippen LogP contribution < -0.4 is 0 Å². The number of hydrogen-bond acceptors (Lipinski definition) is 1. The van der Waals surface area contributed by atoms with Crippen molar-refractivity contribution in [1.29, 1.82) is 0 Å². The lowest BCUT2D eigenvalue weighted by Crippen LogP contribution is -2.16. The summed E-state index contributed by atoms with van der Waals surface area (Å²) in [5.41, 5.74) is 4.18. The Hall–Kier alpha value is -2.15. The van der Waals surface area contributed by atoms with Gasteiger partial charge in [-0.1, -0.05) is 43.0 Å². The molecule has 0 fully saturated rings. The molecule has 96 valence electrons.